The average molecular weight is 383 g/mol. The van der Waals surface area contributed by atoms with Gasteiger partial charge < -0.3 is 19.0 Å². The van der Waals surface area contributed by atoms with E-state index in [1.165, 1.54) is 16.5 Å². The molecule has 0 aliphatic carbocycles. The van der Waals surface area contributed by atoms with Gasteiger partial charge in [-0.25, -0.2) is 4.98 Å². The molecule has 2 heterocycles. The zero-order chi connectivity index (χ0) is 20.5. The first-order chi connectivity index (χ1) is 13.2. The molecule has 0 fully saturated rings. The van der Waals surface area contributed by atoms with Gasteiger partial charge in [-0.3, -0.25) is 9.59 Å². The molecule has 7 nitrogen and oxygen atoms in total. The van der Waals surface area contributed by atoms with Crippen molar-refractivity contribution in [1.82, 2.24) is 14.9 Å². The van der Waals surface area contributed by atoms with Crippen LogP contribution in [0.1, 0.15) is 42.5 Å². The third-order valence-electron chi connectivity index (χ3n) is 4.55. The molecule has 148 valence electrons. The Morgan fingerprint density at radius 2 is 1.93 bits per heavy atom. The highest BCUT2D eigenvalue weighted by atomic mass is 16.5. The fourth-order valence-corrected chi connectivity index (χ4v) is 2.93. The molecule has 0 atom stereocenters. The first-order valence-electron chi connectivity index (χ1n) is 9.15. The largest absolute Gasteiger partial charge is 0.492 e. The molecule has 3 aromatic rings. The van der Waals surface area contributed by atoms with Gasteiger partial charge in [0.1, 0.15) is 29.8 Å². The Kier molecular flexibility index (Phi) is 5.27. The molecule has 0 saturated carbocycles. The number of carbonyl (C=O) groups excluding carboxylic acids is 1. The molecule has 2 aromatic heterocycles. The fraction of sp³-hybridized carbons (Fsp3) is 0.381. The van der Waals surface area contributed by atoms with Crippen LogP contribution in [0.4, 0.5) is 0 Å². The van der Waals surface area contributed by atoms with E-state index >= 15 is 0 Å². The molecular formula is C21H25N3O4. The molecular weight excluding hydrogens is 358 g/mol. The monoisotopic (exact) mass is 383 g/mol. The highest BCUT2D eigenvalue weighted by molar-refractivity contribution is 6.06. The number of nitrogens with zero attached hydrogens (tertiary/aromatic N) is 2. The Balaban J connectivity index is 1.62. The Morgan fingerprint density at radius 3 is 2.57 bits per heavy atom. The second-order valence-electron chi connectivity index (χ2n) is 7.75. The molecule has 0 radical (unpaired) electrons. The summed E-state index contributed by atoms with van der Waals surface area (Å²) in [5.41, 5.74) is 1.39. The summed E-state index contributed by atoms with van der Waals surface area (Å²) in [6.45, 7) is 8.72. The van der Waals surface area contributed by atoms with E-state index in [4.69, 9.17) is 9.15 Å². The smallest absolute Gasteiger partial charge is 0.265 e. The van der Waals surface area contributed by atoms with Crippen molar-refractivity contribution in [3.8, 4) is 5.75 Å². The first kappa shape index (κ1) is 19.7. The van der Waals surface area contributed by atoms with Gasteiger partial charge in [-0.15, -0.1) is 0 Å². The lowest BCUT2D eigenvalue weighted by Gasteiger charge is -2.19. The summed E-state index contributed by atoms with van der Waals surface area (Å²) in [7, 11) is 1.58. The number of benzene rings is 1. The molecule has 0 aliphatic heterocycles. The zero-order valence-corrected chi connectivity index (χ0v) is 16.8. The van der Waals surface area contributed by atoms with Gasteiger partial charge in [-0.1, -0.05) is 32.9 Å². The van der Waals surface area contributed by atoms with Crippen LogP contribution in [-0.4, -0.2) is 28.6 Å². The van der Waals surface area contributed by atoms with E-state index in [1.807, 2.05) is 24.3 Å². The van der Waals surface area contributed by atoms with Gasteiger partial charge in [-0.05, 0) is 30.0 Å². The van der Waals surface area contributed by atoms with Crippen LogP contribution >= 0.6 is 0 Å². The number of hydrogen-bond acceptors (Lipinski definition) is 5. The molecule has 0 saturated heterocycles. The lowest BCUT2D eigenvalue weighted by atomic mass is 9.87. The number of carbonyl (C=O) groups is 1. The van der Waals surface area contributed by atoms with E-state index < -0.39 is 0 Å². The van der Waals surface area contributed by atoms with Crippen molar-refractivity contribution in [1.29, 1.82) is 0 Å². The summed E-state index contributed by atoms with van der Waals surface area (Å²) < 4.78 is 12.5. The van der Waals surface area contributed by atoms with Crippen LogP contribution in [0.15, 0.2) is 39.8 Å². The minimum Gasteiger partial charge on any atom is -0.492 e. The van der Waals surface area contributed by atoms with E-state index in [0.29, 0.717) is 18.9 Å². The van der Waals surface area contributed by atoms with Gasteiger partial charge in [-0.2, -0.15) is 0 Å². The van der Waals surface area contributed by atoms with Gasteiger partial charge in [0.25, 0.3) is 11.5 Å². The van der Waals surface area contributed by atoms with Crippen molar-refractivity contribution in [2.45, 2.75) is 33.1 Å². The number of ether oxygens (including phenoxy) is 1. The van der Waals surface area contributed by atoms with E-state index in [-0.39, 0.29) is 33.5 Å². The van der Waals surface area contributed by atoms with Gasteiger partial charge >= 0.3 is 0 Å². The third-order valence-corrected chi connectivity index (χ3v) is 4.55. The Labute approximate surface area is 163 Å². The first-order valence-corrected chi connectivity index (χ1v) is 9.15. The molecule has 28 heavy (non-hydrogen) atoms. The molecule has 0 aliphatic rings. The van der Waals surface area contributed by atoms with Crippen molar-refractivity contribution in [3.05, 3.63) is 57.8 Å². The van der Waals surface area contributed by atoms with Crippen LogP contribution < -0.4 is 15.6 Å². The maximum Gasteiger partial charge on any atom is 0.265 e. The molecule has 1 N–H and O–H groups in total. The minimum atomic E-state index is -0.381. The zero-order valence-electron chi connectivity index (χ0n) is 16.8. The van der Waals surface area contributed by atoms with E-state index in [9.17, 15) is 9.59 Å². The maximum absolute atomic E-state index is 12.6. The molecule has 1 aromatic carbocycles. The predicted octanol–water partition coefficient (Wildman–Crippen LogP) is 2.94. The lowest BCUT2D eigenvalue weighted by Crippen LogP contribution is -2.29. The third kappa shape index (κ3) is 3.93. The van der Waals surface area contributed by atoms with Gasteiger partial charge in [0.15, 0.2) is 0 Å². The Bertz CT molecular complexity index is 1060. The predicted molar refractivity (Wildman–Crippen MR) is 107 cm³/mol. The van der Waals surface area contributed by atoms with Crippen LogP contribution in [0, 0.1) is 6.92 Å². The number of aromatic nitrogens is 2. The Hall–Kier alpha value is -3.09. The van der Waals surface area contributed by atoms with Crippen LogP contribution in [0.25, 0.3) is 11.1 Å². The number of hydrogen-bond donors (Lipinski definition) is 1. The number of amides is 1. The minimum absolute atomic E-state index is 0.0870. The SMILES string of the molecule is Cc1oc2ncn(C)c(=O)c2c1C(=O)NCCOc1ccc(C(C)(C)C)cc1. The topological polar surface area (TPSA) is 86.4 Å². The molecule has 1 amide bonds. The summed E-state index contributed by atoms with van der Waals surface area (Å²) in [5, 5.41) is 2.96. The van der Waals surface area contributed by atoms with Crippen LogP contribution in [0.2, 0.25) is 0 Å². The van der Waals surface area contributed by atoms with E-state index in [2.05, 4.69) is 31.1 Å². The van der Waals surface area contributed by atoms with Crippen LogP contribution in [-0.2, 0) is 12.5 Å². The van der Waals surface area contributed by atoms with Crippen LogP contribution in [0.5, 0.6) is 5.75 Å². The van der Waals surface area contributed by atoms with E-state index in [0.717, 1.165) is 5.75 Å². The highest BCUT2D eigenvalue weighted by Gasteiger charge is 2.22. The highest BCUT2D eigenvalue weighted by Crippen LogP contribution is 2.24. The molecule has 0 spiro atoms. The van der Waals surface area contributed by atoms with Crippen molar-refractivity contribution in [2.75, 3.05) is 13.2 Å². The second-order valence-corrected chi connectivity index (χ2v) is 7.75. The second kappa shape index (κ2) is 7.50. The van der Waals surface area contributed by atoms with Crippen molar-refractivity contribution < 1.29 is 13.9 Å². The molecule has 0 unspecified atom stereocenters. The quantitative estimate of drug-likeness (QED) is 0.685. The fourth-order valence-electron chi connectivity index (χ4n) is 2.93. The summed E-state index contributed by atoms with van der Waals surface area (Å²) in [4.78, 5) is 29.0. The van der Waals surface area contributed by atoms with Crippen molar-refractivity contribution in [3.63, 3.8) is 0 Å². The number of rotatable bonds is 5. The summed E-state index contributed by atoms with van der Waals surface area (Å²) in [6.07, 6.45) is 1.37. The van der Waals surface area contributed by atoms with Crippen molar-refractivity contribution in [2.24, 2.45) is 7.05 Å². The van der Waals surface area contributed by atoms with Gasteiger partial charge in [0, 0.05) is 7.05 Å². The van der Waals surface area contributed by atoms with Gasteiger partial charge in [0.2, 0.25) is 5.71 Å². The number of nitrogens with one attached hydrogen (secondary N) is 1. The maximum atomic E-state index is 12.6. The number of aryl methyl sites for hydroxylation is 2. The lowest BCUT2D eigenvalue weighted by molar-refractivity contribution is 0.0947. The summed E-state index contributed by atoms with van der Waals surface area (Å²) >= 11 is 0. The van der Waals surface area contributed by atoms with Crippen molar-refractivity contribution >= 4 is 17.0 Å². The summed E-state index contributed by atoms with van der Waals surface area (Å²) in [5.74, 6) is 0.722. The van der Waals surface area contributed by atoms with Crippen LogP contribution in [0.3, 0.4) is 0 Å². The number of furan rings is 1. The van der Waals surface area contributed by atoms with E-state index in [1.54, 1.807) is 14.0 Å². The Morgan fingerprint density at radius 1 is 1.25 bits per heavy atom. The molecule has 7 heteroatoms. The number of fused-ring (bicyclic) bond motifs is 1. The molecule has 0 bridgehead atoms. The summed E-state index contributed by atoms with van der Waals surface area (Å²) in [6, 6.07) is 7.92. The normalized spacial score (nSPS) is 11.6. The average Bonchev–Trinajstić information content (AvgIpc) is 2.98. The molecule has 3 rings (SSSR count). The van der Waals surface area contributed by atoms with Gasteiger partial charge in [0.05, 0.1) is 12.1 Å². The standard InChI is InChI=1S/C21H25N3O4/c1-13-16(17-19(28-13)23-12-24(5)20(17)26)18(25)22-10-11-27-15-8-6-14(7-9-15)21(2,3)4/h6-9,12H,10-11H2,1-5H3,(H,22,25).